The minimum atomic E-state index is -4.46. The lowest BCUT2D eigenvalue weighted by Gasteiger charge is -2.35. The van der Waals surface area contributed by atoms with Gasteiger partial charge in [-0.25, -0.2) is 13.4 Å². The number of carbonyl (C=O) groups excluding carboxylic acids is 1. The van der Waals surface area contributed by atoms with Gasteiger partial charge in [0.25, 0.3) is 0 Å². The lowest BCUT2D eigenvalue weighted by molar-refractivity contribution is -0.137. The molecule has 1 fully saturated rings. The number of rotatable bonds is 8. The van der Waals surface area contributed by atoms with Gasteiger partial charge >= 0.3 is 6.18 Å². The van der Waals surface area contributed by atoms with Gasteiger partial charge in [0.2, 0.25) is 15.9 Å². The molecule has 11 heteroatoms. The number of carbonyl (C=O) groups is 1. The molecule has 31 heavy (non-hydrogen) atoms. The fraction of sp³-hybridized carbons (Fsp3) is 0.600. The highest BCUT2D eigenvalue weighted by atomic mass is 32.2. The van der Waals surface area contributed by atoms with E-state index in [0.29, 0.717) is 12.2 Å². The molecule has 1 atom stereocenters. The van der Waals surface area contributed by atoms with Crippen molar-refractivity contribution >= 4 is 21.7 Å². The number of aromatic nitrogens is 1. The van der Waals surface area contributed by atoms with Gasteiger partial charge in [0.05, 0.1) is 11.3 Å². The zero-order valence-electron chi connectivity index (χ0n) is 17.4. The quantitative estimate of drug-likeness (QED) is 0.474. The highest BCUT2D eigenvalue weighted by Crippen LogP contribution is 2.29. The van der Waals surface area contributed by atoms with Crippen molar-refractivity contribution in [2.75, 3.05) is 36.8 Å². The monoisotopic (exact) mass is 460 g/mol. The van der Waals surface area contributed by atoms with Crippen LogP contribution in [0.3, 0.4) is 0 Å². The Bertz CT molecular complexity index is 900. The average molecular weight is 461 g/mol. The molecule has 1 amide bonds. The number of halogens is 3. The van der Waals surface area contributed by atoms with Crippen LogP contribution in [0.5, 0.6) is 0 Å². The second-order valence-electron chi connectivity index (χ2n) is 7.30. The Kier molecular flexibility index (Phi) is 8.70. The molecule has 7 nitrogen and oxygen atoms in total. The number of alkyl halides is 3. The van der Waals surface area contributed by atoms with Crippen LogP contribution in [0.4, 0.5) is 19.0 Å². The molecule has 2 N–H and O–H groups in total. The molecule has 1 aromatic rings. The second kappa shape index (κ2) is 10.8. The number of hydrogen-bond donors (Lipinski definition) is 1. The summed E-state index contributed by atoms with van der Waals surface area (Å²) in [5.74, 6) is 3.52. The van der Waals surface area contributed by atoms with Crippen LogP contribution in [0.1, 0.15) is 38.2 Å². The maximum atomic E-state index is 12.7. The standard InChI is InChI=1S/C20H27F3N4O3S/c1-2-3-4-5-6-7-16(19(24)28)15-31(29,30)27-12-10-26(11-13-27)18-9-8-17(14-25-18)20(21,22)23/h8-9,14,16H,2-5,10-13,15H2,1H3,(H2,24,28). The van der Waals surface area contributed by atoms with Crippen molar-refractivity contribution in [1.29, 1.82) is 0 Å². The van der Waals surface area contributed by atoms with E-state index in [1.807, 2.05) is 0 Å². The highest BCUT2D eigenvalue weighted by molar-refractivity contribution is 7.89. The van der Waals surface area contributed by atoms with Crippen LogP contribution in [-0.4, -0.2) is 55.5 Å². The average Bonchev–Trinajstić information content (AvgIpc) is 2.72. The lowest BCUT2D eigenvalue weighted by Crippen LogP contribution is -2.50. The third-order valence-corrected chi connectivity index (χ3v) is 6.84. The summed E-state index contributed by atoms with van der Waals surface area (Å²) in [5, 5.41) is 0. The van der Waals surface area contributed by atoms with Gasteiger partial charge in [0.1, 0.15) is 11.7 Å². The molecule has 2 heterocycles. The lowest BCUT2D eigenvalue weighted by atomic mass is 10.1. The number of anilines is 1. The number of nitrogens with two attached hydrogens (primary N) is 1. The molecule has 1 aromatic heterocycles. The minimum absolute atomic E-state index is 0.125. The fourth-order valence-corrected chi connectivity index (χ4v) is 4.71. The van der Waals surface area contributed by atoms with Crippen molar-refractivity contribution in [2.24, 2.45) is 11.7 Å². The van der Waals surface area contributed by atoms with Crippen LogP contribution in [0, 0.1) is 17.8 Å². The third kappa shape index (κ3) is 7.40. The maximum absolute atomic E-state index is 12.7. The van der Waals surface area contributed by atoms with Crippen molar-refractivity contribution in [3.05, 3.63) is 23.9 Å². The van der Waals surface area contributed by atoms with E-state index < -0.39 is 39.3 Å². The predicted octanol–water partition coefficient (Wildman–Crippen LogP) is 2.24. The van der Waals surface area contributed by atoms with Gasteiger partial charge in [0, 0.05) is 38.8 Å². The molecule has 2 rings (SSSR count). The number of primary amides is 1. The van der Waals surface area contributed by atoms with E-state index in [0.717, 1.165) is 31.5 Å². The van der Waals surface area contributed by atoms with Crippen molar-refractivity contribution in [3.63, 3.8) is 0 Å². The molecule has 0 radical (unpaired) electrons. The number of sulfonamides is 1. The first kappa shape index (κ1) is 24.9. The summed E-state index contributed by atoms with van der Waals surface area (Å²) in [6.45, 7) is 2.84. The van der Waals surface area contributed by atoms with E-state index in [2.05, 4.69) is 23.7 Å². The van der Waals surface area contributed by atoms with Gasteiger partial charge in [-0.1, -0.05) is 25.7 Å². The summed E-state index contributed by atoms with van der Waals surface area (Å²) in [6.07, 6.45) is -0.211. The zero-order chi connectivity index (χ0) is 23.1. The van der Waals surface area contributed by atoms with E-state index in [1.54, 1.807) is 4.90 Å². The molecule has 1 aliphatic heterocycles. The Hall–Kier alpha value is -2.32. The molecular weight excluding hydrogens is 433 g/mol. The van der Waals surface area contributed by atoms with Gasteiger partial charge in [-0.05, 0) is 18.6 Å². The molecule has 1 aliphatic rings. The largest absolute Gasteiger partial charge is 0.417 e. The molecule has 172 valence electrons. The number of amides is 1. The van der Waals surface area contributed by atoms with Crippen LogP contribution in [0.15, 0.2) is 18.3 Å². The van der Waals surface area contributed by atoms with Crippen molar-refractivity contribution in [2.45, 2.75) is 38.8 Å². The smallest absolute Gasteiger partial charge is 0.369 e. The summed E-state index contributed by atoms with van der Waals surface area (Å²) >= 11 is 0. The molecule has 1 saturated heterocycles. The molecule has 0 aliphatic carbocycles. The van der Waals surface area contributed by atoms with E-state index in [9.17, 15) is 26.4 Å². The summed E-state index contributed by atoms with van der Waals surface area (Å²) in [5.41, 5.74) is 4.49. The van der Waals surface area contributed by atoms with Gasteiger partial charge in [0.15, 0.2) is 0 Å². The first-order chi connectivity index (χ1) is 14.5. The normalized spacial score (nSPS) is 16.5. The van der Waals surface area contributed by atoms with Gasteiger partial charge in [-0.15, -0.1) is 5.92 Å². The number of hydrogen-bond acceptors (Lipinski definition) is 5. The highest BCUT2D eigenvalue weighted by Gasteiger charge is 2.33. The molecule has 0 saturated carbocycles. The second-order valence-corrected chi connectivity index (χ2v) is 9.31. The van der Waals surface area contributed by atoms with Crippen LogP contribution >= 0.6 is 0 Å². The Morgan fingerprint density at radius 1 is 1.23 bits per heavy atom. The Morgan fingerprint density at radius 2 is 1.90 bits per heavy atom. The van der Waals surface area contributed by atoms with Crippen molar-refractivity contribution < 1.29 is 26.4 Å². The van der Waals surface area contributed by atoms with Crippen LogP contribution in [0.25, 0.3) is 0 Å². The zero-order valence-corrected chi connectivity index (χ0v) is 18.2. The first-order valence-electron chi connectivity index (χ1n) is 10.1. The van der Waals surface area contributed by atoms with E-state index in [4.69, 9.17) is 5.73 Å². The molecule has 0 spiro atoms. The summed E-state index contributed by atoms with van der Waals surface area (Å²) < 4.78 is 64.7. The van der Waals surface area contributed by atoms with Crippen LogP contribution in [-0.2, 0) is 21.0 Å². The fourth-order valence-electron chi connectivity index (χ4n) is 3.11. The van der Waals surface area contributed by atoms with Crippen molar-refractivity contribution in [3.8, 4) is 11.8 Å². The number of nitrogens with zero attached hydrogens (tertiary/aromatic N) is 3. The van der Waals surface area contributed by atoms with Crippen molar-refractivity contribution in [1.82, 2.24) is 9.29 Å². The van der Waals surface area contributed by atoms with E-state index >= 15 is 0 Å². The SMILES string of the molecule is CCCCCC#CC(CS(=O)(=O)N1CCN(c2ccc(C(F)(F)F)cn2)CC1)C(N)=O. The molecular formula is C20H27F3N4O3S. The summed E-state index contributed by atoms with van der Waals surface area (Å²) in [7, 11) is -3.77. The van der Waals surface area contributed by atoms with Crippen LogP contribution < -0.4 is 10.6 Å². The van der Waals surface area contributed by atoms with Gasteiger partial charge in [-0.2, -0.15) is 17.5 Å². The maximum Gasteiger partial charge on any atom is 0.417 e. The summed E-state index contributed by atoms with van der Waals surface area (Å²) in [4.78, 5) is 17.2. The third-order valence-electron chi connectivity index (χ3n) is 4.93. The number of pyridine rings is 1. The molecule has 0 bridgehead atoms. The number of piperazine rings is 1. The Balaban J connectivity index is 1.96. The van der Waals surface area contributed by atoms with E-state index in [1.165, 1.54) is 10.4 Å². The Morgan fingerprint density at radius 3 is 2.42 bits per heavy atom. The Labute approximate surface area is 180 Å². The topological polar surface area (TPSA) is 96.6 Å². The predicted molar refractivity (Wildman–Crippen MR) is 111 cm³/mol. The number of unbranched alkanes of at least 4 members (excludes halogenated alkanes) is 3. The minimum Gasteiger partial charge on any atom is -0.369 e. The molecule has 0 aromatic carbocycles. The van der Waals surface area contributed by atoms with Gasteiger partial charge in [-0.3, -0.25) is 4.79 Å². The van der Waals surface area contributed by atoms with Gasteiger partial charge < -0.3 is 10.6 Å². The van der Waals surface area contributed by atoms with Crippen LogP contribution in [0.2, 0.25) is 0 Å². The summed E-state index contributed by atoms with van der Waals surface area (Å²) in [6, 6.07) is 2.21. The van der Waals surface area contributed by atoms with E-state index in [-0.39, 0.29) is 26.2 Å². The first-order valence-corrected chi connectivity index (χ1v) is 11.7. The molecule has 1 unspecified atom stereocenters.